The van der Waals surface area contributed by atoms with Crippen LogP contribution < -0.4 is 20.7 Å². The van der Waals surface area contributed by atoms with Crippen molar-refractivity contribution in [2.45, 2.75) is 26.4 Å². The summed E-state index contributed by atoms with van der Waals surface area (Å²) in [7, 11) is 4.05. The molecule has 0 unspecified atom stereocenters. The quantitative estimate of drug-likeness (QED) is 0.575. The van der Waals surface area contributed by atoms with Crippen molar-refractivity contribution >= 4 is 11.4 Å². The number of nitrogens with two attached hydrogens (primary N) is 1. The molecule has 0 atom stereocenters. The SMILES string of the molecule is CNCCCN(C)c1ccc(N)c(OC(C)C)c1. The van der Waals surface area contributed by atoms with Gasteiger partial charge in [0.05, 0.1) is 11.8 Å². The van der Waals surface area contributed by atoms with Crippen LogP contribution in [-0.4, -0.2) is 33.3 Å². The van der Waals surface area contributed by atoms with Crippen LogP contribution in [-0.2, 0) is 0 Å². The van der Waals surface area contributed by atoms with E-state index in [1.807, 2.05) is 39.1 Å². The minimum atomic E-state index is 0.136. The highest BCUT2D eigenvalue weighted by molar-refractivity contribution is 5.62. The lowest BCUT2D eigenvalue weighted by molar-refractivity contribution is 0.244. The molecule has 4 heteroatoms. The number of benzene rings is 1. The maximum atomic E-state index is 5.91. The first kappa shape index (κ1) is 14.6. The van der Waals surface area contributed by atoms with Gasteiger partial charge in [-0.15, -0.1) is 0 Å². The minimum Gasteiger partial charge on any atom is -0.489 e. The molecule has 0 aliphatic rings. The summed E-state index contributed by atoms with van der Waals surface area (Å²) in [5.41, 5.74) is 7.73. The molecule has 1 aromatic rings. The fraction of sp³-hybridized carbons (Fsp3) is 0.571. The topological polar surface area (TPSA) is 50.5 Å². The van der Waals surface area contributed by atoms with Crippen LogP contribution in [0.4, 0.5) is 11.4 Å². The summed E-state index contributed by atoms with van der Waals surface area (Å²) < 4.78 is 5.70. The van der Waals surface area contributed by atoms with Gasteiger partial charge in [-0.2, -0.15) is 0 Å². The van der Waals surface area contributed by atoms with E-state index in [4.69, 9.17) is 10.5 Å². The normalized spacial score (nSPS) is 10.7. The van der Waals surface area contributed by atoms with Gasteiger partial charge in [0.15, 0.2) is 0 Å². The van der Waals surface area contributed by atoms with Crippen molar-refractivity contribution in [1.82, 2.24) is 5.32 Å². The monoisotopic (exact) mass is 251 g/mol. The number of nitrogens with one attached hydrogen (secondary N) is 1. The number of nitrogen functional groups attached to an aromatic ring is 1. The van der Waals surface area contributed by atoms with Gasteiger partial charge in [-0.25, -0.2) is 0 Å². The lowest BCUT2D eigenvalue weighted by atomic mass is 10.2. The molecule has 0 aliphatic carbocycles. The Bertz CT molecular complexity index is 366. The number of anilines is 2. The van der Waals surface area contributed by atoms with Crippen LogP contribution in [0, 0.1) is 0 Å². The van der Waals surface area contributed by atoms with Crippen LogP contribution in [0.2, 0.25) is 0 Å². The van der Waals surface area contributed by atoms with Gasteiger partial charge in [0.25, 0.3) is 0 Å². The maximum absolute atomic E-state index is 5.91. The predicted octanol–water partition coefficient (Wildman–Crippen LogP) is 2.10. The maximum Gasteiger partial charge on any atom is 0.144 e. The third kappa shape index (κ3) is 4.45. The largest absolute Gasteiger partial charge is 0.489 e. The van der Waals surface area contributed by atoms with Gasteiger partial charge >= 0.3 is 0 Å². The summed E-state index contributed by atoms with van der Waals surface area (Å²) in [6.45, 7) is 6.03. The van der Waals surface area contributed by atoms with Gasteiger partial charge in [0.2, 0.25) is 0 Å². The summed E-state index contributed by atoms with van der Waals surface area (Å²) in [4.78, 5) is 2.21. The molecule has 0 spiro atoms. The van der Waals surface area contributed by atoms with Crippen LogP contribution in [0.1, 0.15) is 20.3 Å². The molecule has 0 heterocycles. The van der Waals surface area contributed by atoms with Crippen molar-refractivity contribution in [3.8, 4) is 5.75 Å². The Morgan fingerprint density at radius 2 is 2.11 bits per heavy atom. The van der Waals surface area contributed by atoms with E-state index in [0.717, 1.165) is 30.9 Å². The first-order chi connectivity index (χ1) is 8.54. The van der Waals surface area contributed by atoms with Crippen molar-refractivity contribution in [1.29, 1.82) is 0 Å². The number of nitrogens with zero attached hydrogens (tertiary/aromatic N) is 1. The van der Waals surface area contributed by atoms with E-state index in [9.17, 15) is 0 Å². The van der Waals surface area contributed by atoms with E-state index in [2.05, 4.69) is 17.3 Å². The summed E-state index contributed by atoms with van der Waals surface area (Å²) >= 11 is 0. The molecule has 0 saturated heterocycles. The average Bonchev–Trinajstić information content (AvgIpc) is 2.31. The molecule has 0 aromatic heterocycles. The Hall–Kier alpha value is -1.42. The third-order valence-corrected chi connectivity index (χ3v) is 2.72. The number of ether oxygens (including phenoxy) is 1. The molecule has 1 rings (SSSR count). The second kappa shape index (κ2) is 7.11. The third-order valence-electron chi connectivity index (χ3n) is 2.72. The van der Waals surface area contributed by atoms with E-state index >= 15 is 0 Å². The van der Waals surface area contributed by atoms with Crippen LogP contribution in [0.25, 0.3) is 0 Å². The van der Waals surface area contributed by atoms with Gasteiger partial charge < -0.3 is 20.7 Å². The Kier molecular flexibility index (Phi) is 5.78. The first-order valence-corrected chi connectivity index (χ1v) is 6.46. The van der Waals surface area contributed by atoms with Gasteiger partial charge in [-0.3, -0.25) is 0 Å². The molecule has 0 bridgehead atoms. The van der Waals surface area contributed by atoms with Crippen LogP contribution >= 0.6 is 0 Å². The first-order valence-electron chi connectivity index (χ1n) is 6.46. The van der Waals surface area contributed by atoms with Gasteiger partial charge in [-0.1, -0.05) is 0 Å². The van der Waals surface area contributed by atoms with Crippen molar-refractivity contribution < 1.29 is 4.74 Å². The van der Waals surface area contributed by atoms with Gasteiger partial charge in [0.1, 0.15) is 5.75 Å². The highest BCUT2D eigenvalue weighted by Gasteiger charge is 2.07. The molecule has 102 valence electrons. The molecule has 4 nitrogen and oxygen atoms in total. The molecule has 3 N–H and O–H groups in total. The molecule has 0 fully saturated rings. The zero-order chi connectivity index (χ0) is 13.5. The van der Waals surface area contributed by atoms with E-state index < -0.39 is 0 Å². The molecular weight excluding hydrogens is 226 g/mol. The summed E-state index contributed by atoms with van der Waals surface area (Å²) in [6, 6.07) is 5.94. The van der Waals surface area contributed by atoms with E-state index in [-0.39, 0.29) is 6.10 Å². The molecule has 0 saturated carbocycles. The molecule has 18 heavy (non-hydrogen) atoms. The van der Waals surface area contributed by atoms with Crippen molar-refractivity contribution in [3.05, 3.63) is 18.2 Å². The van der Waals surface area contributed by atoms with E-state index in [0.29, 0.717) is 5.69 Å². The smallest absolute Gasteiger partial charge is 0.144 e. The predicted molar refractivity (Wildman–Crippen MR) is 78.4 cm³/mol. The zero-order valence-corrected chi connectivity index (χ0v) is 11.9. The second-order valence-electron chi connectivity index (χ2n) is 4.77. The number of rotatable bonds is 7. The van der Waals surface area contributed by atoms with Crippen molar-refractivity contribution in [2.75, 3.05) is 37.8 Å². The lowest BCUT2D eigenvalue weighted by Crippen LogP contribution is -2.22. The van der Waals surface area contributed by atoms with Gasteiger partial charge in [0, 0.05) is 25.3 Å². The Balaban J connectivity index is 2.70. The Morgan fingerprint density at radius 3 is 2.72 bits per heavy atom. The van der Waals surface area contributed by atoms with Crippen LogP contribution in [0.15, 0.2) is 18.2 Å². The van der Waals surface area contributed by atoms with E-state index in [1.165, 1.54) is 0 Å². The molecule has 0 aliphatic heterocycles. The highest BCUT2D eigenvalue weighted by Crippen LogP contribution is 2.28. The minimum absolute atomic E-state index is 0.136. The van der Waals surface area contributed by atoms with E-state index in [1.54, 1.807) is 0 Å². The molecule has 0 radical (unpaired) electrons. The van der Waals surface area contributed by atoms with Crippen LogP contribution in [0.3, 0.4) is 0 Å². The molecule has 0 amide bonds. The second-order valence-corrected chi connectivity index (χ2v) is 4.77. The zero-order valence-electron chi connectivity index (χ0n) is 11.9. The fourth-order valence-electron chi connectivity index (χ4n) is 1.74. The lowest BCUT2D eigenvalue weighted by Gasteiger charge is -2.21. The standard InChI is InChI=1S/C14H25N3O/c1-11(2)18-14-10-12(6-7-13(14)15)17(4)9-5-8-16-3/h6-7,10-11,16H,5,8-9,15H2,1-4H3. The summed E-state index contributed by atoms with van der Waals surface area (Å²) in [5, 5.41) is 3.15. The molecular formula is C14H25N3O. The highest BCUT2D eigenvalue weighted by atomic mass is 16.5. The Labute approximate surface area is 110 Å². The average molecular weight is 251 g/mol. The number of hydrogen-bond acceptors (Lipinski definition) is 4. The van der Waals surface area contributed by atoms with Gasteiger partial charge in [-0.05, 0) is 46.0 Å². The van der Waals surface area contributed by atoms with Crippen molar-refractivity contribution in [2.24, 2.45) is 0 Å². The summed E-state index contributed by atoms with van der Waals surface area (Å²) in [6.07, 6.45) is 1.25. The van der Waals surface area contributed by atoms with Crippen LogP contribution in [0.5, 0.6) is 5.75 Å². The summed E-state index contributed by atoms with van der Waals surface area (Å²) in [5.74, 6) is 0.767. The number of hydrogen-bond donors (Lipinski definition) is 2. The Morgan fingerprint density at radius 1 is 1.39 bits per heavy atom. The fourth-order valence-corrected chi connectivity index (χ4v) is 1.74. The molecule has 1 aromatic carbocycles. The van der Waals surface area contributed by atoms with Crippen molar-refractivity contribution in [3.63, 3.8) is 0 Å².